The molecule has 6 heteroatoms. The molecule has 0 radical (unpaired) electrons. The highest BCUT2D eigenvalue weighted by molar-refractivity contribution is 5.78. The maximum Gasteiger partial charge on any atom is 0.202 e. The molecular formula is C14H23N5O. The first kappa shape index (κ1) is 13.4. The Hall–Kier alpha value is -1.56. The molecule has 1 fully saturated rings. The number of fused-ring (bicyclic) bond motifs is 1. The van der Waals surface area contributed by atoms with Gasteiger partial charge in [-0.2, -0.15) is 5.10 Å². The summed E-state index contributed by atoms with van der Waals surface area (Å²) in [5.74, 6) is 1.19. The molecule has 3 heterocycles. The van der Waals surface area contributed by atoms with Gasteiger partial charge in [-0.25, -0.2) is 4.98 Å². The number of hydrogen-bond donors (Lipinski definition) is 1. The summed E-state index contributed by atoms with van der Waals surface area (Å²) in [6, 6.07) is 0.323. The monoisotopic (exact) mass is 277 g/mol. The highest BCUT2D eigenvalue weighted by Crippen LogP contribution is 2.33. The fourth-order valence-electron chi connectivity index (χ4n) is 3.27. The fourth-order valence-corrected chi connectivity index (χ4v) is 3.27. The van der Waals surface area contributed by atoms with E-state index in [1.165, 1.54) is 0 Å². The minimum Gasteiger partial charge on any atom is -0.381 e. The molecule has 6 nitrogen and oxygen atoms in total. The van der Waals surface area contributed by atoms with Gasteiger partial charge in [-0.05, 0) is 32.1 Å². The Labute approximate surface area is 118 Å². The van der Waals surface area contributed by atoms with Crippen molar-refractivity contribution < 1.29 is 4.74 Å². The van der Waals surface area contributed by atoms with E-state index in [1.807, 2.05) is 11.7 Å². The summed E-state index contributed by atoms with van der Waals surface area (Å²) in [7, 11) is 1.97. The zero-order valence-corrected chi connectivity index (χ0v) is 12.5. The van der Waals surface area contributed by atoms with Gasteiger partial charge in [0.05, 0.1) is 5.69 Å². The van der Waals surface area contributed by atoms with Gasteiger partial charge in [-0.15, -0.1) is 0 Å². The van der Waals surface area contributed by atoms with Gasteiger partial charge in [0.2, 0.25) is 5.95 Å². The molecule has 0 bridgehead atoms. The number of anilines is 1. The van der Waals surface area contributed by atoms with Gasteiger partial charge >= 0.3 is 0 Å². The first-order valence-electron chi connectivity index (χ1n) is 7.40. The minimum atomic E-state index is 0.323. The molecule has 2 N–H and O–H groups in total. The molecule has 110 valence electrons. The molecule has 1 unspecified atom stereocenters. The number of rotatable bonds is 3. The molecule has 1 aliphatic rings. The molecule has 2 aromatic rings. The number of aromatic nitrogens is 4. The highest BCUT2D eigenvalue weighted by atomic mass is 16.5. The van der Waals surface area contributed by atoms with Crippen molar-refractivity contribution in [3.05, 3.63) is 5.69 Å². The molecule has 1 atom stereocenters. The number of nitrogens with zero attached hydrogens (tertiary/aromatic N) is 4. The summed E-state index contributed by atoms with van der Waals surface area (Å²) in [6.45, 7) is 6.02. The van der Waals surface area contributed by atoms with Crippen molar-refractivity contribution in [1.29, 1.82) is 0 Å². The van der Waals surface area contributed by atoms with E-state index in [-0.39, 0.29) is 0 Å². The van der Waals surface area contributed by atoms with E-state index in [4.69, 9.17) is 10.5 Å². The molecule has 20 heavy (non-hydrogen) atoms. The van der Waals surface area contributed by atoms with E-state index in [0.717, 1.165) is 49.3 Å². The smallest absolute Gasteiger partial charge is 0.202 e. The second-order valence-corrected chi connectivity index (χ2v) is 5.63. The van der Waals surface area contributed by atoms with E-state index in [1.54, 1.807) is 0 Å². The summed E-state index contributed by atoms with van der Waals surface area (Å²) in [5.41, 5.74) is 9.19. The maximum absolute atomic E-state index is 6.18. The van der Waals surface area contributed by atoms with Crippen molar-refractivity contribution in [1.82, 2.24) is 19.3 Å². The maximum atomic E-state index is 6.18. The second kappa shape index (κ2) is 5.09. The van der Waals surface area contributed by atoms with Crippen LogP contribution in [0.1, 0.15) is 38.4 Å². The van der Waals surface area contributed by atoms with Gasteiger partial charge in [-0.1, -0.05) is 6.92 Å². The van der Waals surface area contributed by atoms with Crippen LogP contribution in [-0.2, 0) is 18.2 Å². The standard InChI is InChI=1S/C14H23N5O/c1-4-11-12-13(18(3)17-11)19(14(15)16-12)9(2)10-5-7-20-8-6-10/h9-10H,4-8H2,1-3H3,(H2,15,16). The molecule has 1 saturated heterocycles. The number of imidazole rings is 1. The minimum absolute atomic E-state index is 0.323. The van der Waals surface area contributed by atoms with Crippen LogP contribution in [0.3, 0.4) is 0 Å². The van der Waals surface area contributed by atoms with Crippen molar-refractivity contribution in [2.75, 3.05) is 18.9 Å². The average Bonchev–Trinajstić information content (AvgIpc) is 2.96. The molecule has 2 aromatic heterocycles. The van der Waals surface area contributed by atoms with Crippen molar-refractivity contribution in [2.45, 2.75) is 39.2 Å². The van der Waals surface area contributed by atoms with Crippen LogP contribution in [0.5, 0.6) is 0 Å². The van der Waals surface area contributed by atoms with Crippen LogP contribution in [0.15, 0.2) is 0 Å². The molecular weight excluding hydrogens is 254 g/mol. The first-order valence-corrected chi connectivity index (χ1v) is 7.40. The Morgan fingerprint density at radius 3 is 2.75 bits per heavy atom. The summed E-state index contributed by atoms with van der Waals surface area (Å²) in [4.78, 5) is 4.55. The van der Waals surface area contributed by atoms with Crippen molar-refractivity contribution >= 4 is 17.1 Å². The SMILES string of the molecule is CCc1nn(C)c2c1nc(N)n2C(C)C1CCOCC1. The lowest BCUT2D eigenvalue weighted by molar-refractivity contribution is 0.0520. The first-order chi connectivity index (χ1) is 9.63. The molecule has 0 aliphatic carbocycles. The van der Waals surface area contributed by atoms with Crippen LogP contribution >= 0.6 is 0 Å². The lowest BCUT2D eigenvalue weighted by atomic mass is 9.93. The lowest BCUT2D eigenvalue weighted by Gasteiger charge is -2.29. The fraction of sp³-hybridized carbons (Fsp3) is 0.714. The van der Waals surface area contributed by atoms with E-state index >= 15 is 0 Å². The van der Waals surface area contributed by atoms with E-state index in [9.17, 15) is 0 Å². The number of ether oxygens (including phenoxy) is 1. The van der Waals surface area contributed by atoms with E-state index < -0.39 is 0 Å². The van der Waals surface area contributed by atoms with Crippen LogP contribution < -0.4 is 5.73 Å². The van der Waals surface area contributed by atoms with Gasteiger partial charge in [0.15, 0.2) is 5.65 Å². The predicted octanol–water partition coefficient (Wildman–Crippen LogP) is 1.90. The predicted molar refractivity (Wildman–Crippen MR) is 78.5 cm³/mol. The third-order valence-corrected chi connectivity index (χ3v) is 4.45. The Kier molecular flexibility index (Phi) is 3.41. The summed E-state index contributed by atoms with van der Waals surface area (Å²) < 4.78 is 9.52. The van der Waals surface area contributed by atoms with E-state index in [2.05, 4.69) is 28.5 Å². The van der Waals surface area contributed by atoms with Crippen LogP contribution in [0, 0.1) is 5.92 Å². The van der Waals surface area contributed by atoms with E-state index in [0.29, 0.717) is 17.9 Å². The van der Waals surface area contributed by atoms with Crippen molar-refractivity contribution in [3.8, 4) is 0 Å². The molecule has 0 amide bonds. The second-order valence-electron chi connectivity index (χ2n) is 5.63. The normalized spacial score (nSPS) is 18.8. The molecule has 0 spiro atoms. The summed E-state index contributed by atoms with van der Waals surface area (Å²) >= 11 is 0. The zero-order chi connectivity index (χ0) is 14.3. The largest absolute Gasteiger partial charge is 0.381 e. The van der Waals surface area contributed by atoms with Crippen molar-refractivity contribution in [3.63, 3.8) is 0 Å². The molecule has 0 aromatic carbocycles. The summed E-state index contributed by atoms with van der Waals surface area (Å²) in [5, 5.41) is 4.55. The Morgan fingerprint density at radius 2 is 2.10 bits per heavy atom. The number of nitrogen functional groups attached to an aromatic ring is 1. The van der Waals surface area contributed by atoms with Gasteiger partial charge in [-0.3, -0.25) is 9.25 Å². The van der Waals surface area contributed by atoms with Gasteiger partial charge in [0, 0.05) is 26.3 Å². The third-order valence-electron chi connectivity index (χ3n) is 4.45. The van der Waals surface area contributed by atoms with Gasteiger partial charge < -0.3 is 10.5 Å². The van der Waals surface area contributed by atoms with Crippen LogP contribution in [0.25, 0.3) is 11.2 Å². The summed E-state index contributed by atoms with van der Waals surface area (Å²) in [6.07, 6.45) is 3.04. The Bertz CT molecular complexity index is 609. The Balaban J connectivity index is 2.05. The third kappa shape index (κ3) is 1.98. The zero-order valence-electron chi connectivity index (χ0n) is 12.5. The molecule has 0 saturated carbocycles. The number of hydrogen-bond acceptors (Lipinski definition) is 4. The lowest BCUT2D eigenvalue weighted by Crippen LogP contribution is -2.25. The topological polar surface area (TPSA) is 70.9 Å². The molecule has 3 rings (SSSR count). The van der Waals surface area contributed by atoms with Crippen molar-refractivity contribution in [2.24, 2.45) is 13.0 Å². The molecule has 1 aliphatic heterocycles. The van der Waals surface area contributed by atoms with Crippen LogP contribution in [0.4, 0.5) is 5.95 Å². The van der Waals surface area contributed by atoms with Crippen LogP contribution in [-0.4, -0.2) is 32.5 Å². The number of aryl methyl sites for hydroxylation is 2. The number of nitrogens with two attached hydrogens (primary N) is 1. The van der Waals surface area contributed by atoms with Gasteiger partial charge in [0.1, 0.15) is 5.52 Å². The van der Waals surface area contributed by atoms with Gasteiger partial charge in [0.25, 0.3) is 0 Å². The Morgan fingerprint density at radius 1 is 1.40 bits per heavy atom. The van der Waals surface area contributed by atoms with Crippen LogP contribution in [0.2, 0.25) is 0 Å². The average molecular weight is 277 g/mol. The quantitative estimate of drug-likeness (QED) is 0.930. The highest BCUT2D eigenvalue weighted by Gasteiger charge is 2.27.